The molecule has 0 aliphatic heterocycles. The van der Waals surface area contributed by atoms with Gasteiger partial charge in [0.2, 0.25) is 5.89 Å². The molecule has 8 aromatic rings. The average molecular weight is 815 g/mol. The second-order valence-electron chi connectivity index (χ2n) is 17.2. The Labute approximate surface area is 368 Å². The van der Waals surface area contributed by atoms with E-state index in [2.05, 4.69) is 199 Å². The molecule has 0 saturated carbocycles. The molecule has 0 radical (unpaired) electrons. The lowest BCUT2D eigenvalue weighted by Gasteiger charge is -2.36. The molecule has 6 aromatic carbocycles. The molecule has 0 N–H and O–H groups in total. The Hall–Kier alpha value is -7.43. The number of para-hydroxylation sites is 2. The fourth-order valence-corrected chi connectivity index (χ4v) is 10.3. The van der Waals surface area contributed by atoms with Crippen LogP contribution in [0.4, 0.5) is 11.4 Å². The largest absolute Gasteiger partial charge is 0.454 e. The molecule has 2 aromatic heterocycles. The third-order valence-electron chi connectivity index (χ3n) is 13.5. The second kappa shape index (κ2) is 15.8. The first-order chi connectivity index (χ1) is 31.2. The molecule has 3 unspecified atom stereocenters. The van der Waals surface area contributed by atoms with Crippen LogP contribution in [0.25, 0.3) is 62.0 Å². The Morgan fingerprint density at radius 1 is 0.587 bits per heavy atom. The van der Waals surface area contributed by atoms with Gasteiger partial charge in [-0.1, -0.05) is 176 Å². The number of hydrogen-bond donors (Lipinski definition) is 0. The van der Waals surface area contributed by atoms with Crippen LogP contribution in [-0.4, -0.2) is 11.0 Å². The Kier molecular flexibility index (Phi) is 9.36. The van der Waals surface area contributed by atoms with Gasteiger partial charge in [0.15, 0.2) is 5.58 Å². The first-order valence-electron chi connectivity index (χ1n) is 22.4. The summed E-state index contributed by atoms with van der Waals surface area (Å²) in [6, 6.07) is 52.5. The van der Waals surface area contributed by atoms with Gasteiger partial charge in [-0.25, -0.2) is 4.98 Å². The van der Waals surface area contributed by atoms with Crippen molar-refractivity contribution in [3.63, 3.8) is 0 Å². The van der Waals surface area contributed by atoms with E-state index in [1.807, 2.05) is 6.07 Å². The van der Waals surface area contributed by atoms with Crippen LogP contribution in [-0.2, 0) is 12.8 Å². The highest BCUT2D eigenvalue weighted by atomic mass is 16.4. The van der Waals surface area contributed by atoms with Gasteiger partial charge in [0.1, 0.15) is 17.2 Å². The third-order valence-corrected chi connectivity index (χ3v) is 13.5. The Balaban J connectivity index is 0.918. The van der Waals surface area contributed by atoms with E-state index in [9.17, 15) is 0 Å². The smallest absolute Gasteiger partial charge is 0.226 e. The summed E-state index contributed by atoms with van der Waals surface area (Å²) < 4.78 is 13.6. The Morgan fingerprint density at radius 3 is 2.21 bits per heavy atom. The number of furan rings is 1. The lowest BCUT2D eigenvalue weighted by Crippen LogP contribution is -2.32. The van der Waals surface area contributed by atoms with E-state index in [0.29, 0.717) is 11.8 Å². The van der Waals surface area contributed by atoms with Gasteiger partial charge in [-0.05, 0) is 90.3 Å². The van der Waals surface area contributed by atoms with E-state index in [0.717, 1.165) is 83.0 Å². The SMILES string of the molecule is C1=CCC(C2=CC=CC(N(c3ccccc3-c3ccc(C4Cc5ccccc5-c5nc(-c6ccc(-c7ccccc7)cc6)oc54)cc3)c3cccc4c5c(oc34)C=CCC5)C2)C=C1. The highest BCUT2D eigenvalue weighted by Crippen LogP contribution is 2.47. The molecule has 0 bridgehead atoms. The van der Waals surface area contributed by atoms with Gasteiger partial charge in [-0.2, -0.15) is 0 Å². The molecule has 2 heterocycles. The summed E-state index contributed by atoms with van der Waals surface area (Å²) >= 11 is 0. The summed E-state index contributed by atoms with van der Waals surface area (Å²) in [5, 5.41) is 1.21. The normalized spacial score (nSPS) is 18.5. The van der Waals surface area contributed by atoms with Crippen molar-refractivity contribution in [2.24, 2.45) is 5.92 Å². The van der Waals surface area contributed by atoms with Crippen molar-refractivity contribution in [1.29, 1.82) is 0 Å². The van der Waals surface area contributed by atoms with E-state index >= 15 is 0 Å². The topological polar surface area (TPSA) is 42.4 Å². The lowest BCUT2D eigenvalue weighted by atomic mass is 9.81. The monoisotopic (exact) mass is 814 g/mol. The number of anilines is 2. The molecule has 0 amide bonds. The van der Waals surface area contributed by atoms with E-state index in [4.69, 9.17) is 13.8 Å². The van der Waals surface area contributed by atoms with Crippen LogP contribution in [0, 0.1) is 5.92 Å². The molecule has 4 aliphatic carbocycles. The van der Waals surface area contributed by atoms with Crippen LogP contribution in [0.15, 0.2) is 209 Å². The minimum absolute atomic E-state index is 0.0263. The van der Waals surface area contributed by atoms with Crippen molar-refractivity contribution >= 4 is 28.4 Å². The van der Waals surface area contributed by atoms with Crippen LogP contribution < -0.4 is 4.90 Å². The molecule has 0 spiro atoms. The molecular formula is C59H46N2O2. The van der Waals surface area contributed by atoms with Crippen LogP contribution in [0.1, 0.15) is 53.4 Å². The van der Waals surface area contributed by atoms with E-state index in [1.165, 1.54) is 44.3 Å². The van der Waals surface area contributed by atoms with Crippen LogP contribution >= 0.6 is 0 Å². The summed E-state index contributed by atoms with van der Waals surface area (Å²) in [7, 11) is 0. The first-order valence-corrected chi connectivity index (χ1v) is 22.4. The van der Waals surface area contributed by atoms with Gasteiger partial charge in [-0.15, -0.1) is 0 Å². The molecule has 12 rings (SSSR count). The maximum Gasteiger partial charge on any atom is 0.226 e. The van der Waals surface area contributed by atoms with Gasteiger partial charge in [-0.3, -0.25) is 0 Å². The lowest BCUT2D eigenvalue weighted by molar-refractivity contribution is 0.490. The van der Waals surface area contributed by atoms with E-state index in [1.54, 1.807) is 0 Å². The van der Waals surface area contributed by atoms with Crippen molar-refractivity contribution in [2.45, 2.75) is 44.1 Å². The van der Waals surface area contributed by atoms with Gasteiger partial charge >= 0.3 is 0 Å². The van der Waals surface area contributed by atoms with Gasteiger partial charge in [0, 0.05) is 45.2 Å². The van der Waals surface area contributed by atoms with Crippen molar-refractivity contribution in [1.82, 2.24) is 4.98 Å². The molecule has 0 fully saturated rings. The van der Waals surface area contributed by atoms with Gasteiger partial charge in [0.05, 0.1) is 11.7 Å². The quantitative estimate of drug-likeness (QED) is 0.153. The molecule has 63 heavy (non-hydrogen) atoms. The summed E-state index contributed by atoms with van der Waals surface area (Å²) in [6.45, 7) is 0. The van der Waals surface area contributed by atoms with Crippen molar-refractivity contribution in [2.75, 3.05) is 4.90 Å². The molecule has 4 heteroatoms. The number of nitrogens with zero attached hydrogens (tertiary/aromatic N) is 2. The molecule has 4 aliphatic rings. The van der Waals surface area contributed by atoms with E-state index in [-0.39, 0.29) is 12.0 Å². The van der Waals surface area contributed by atoms with Crippen LogP contribution in [0.5, 0.6) is 0 Å². The van der Waals surface area contributed by atoms with Crippen LogP contribution in [0.2, 0.25) is 0 Å². The average Bonchev–Trinajstić information content (AvgIpc) is 3.99. The maximum atomic E-state index is 6.81. The zero-order chi connectivity index (χ0) is 41.7. The number of hydrogen-bond acceptors (Lipinski definition) is 4. The number of fused-ring (bicyclic) bond motifs is 6. The number of aryl methyl sites for hydroxylation is 1. The maximum absolute atomic E-state index is 6.81. The molecule has 4 nitrogen and oxygen atoms in total. The van der Waals surface area contributed by atoms with Crippen LogP contribution in [0.3, 0.4) is 0 Å². The minimum atomic E-state index is 0.0263. The molecule has 0 saturated heterocycles. The highest BCUT2D eigenvalue weighted by Gasteiger charge is 2.33. The predicted molar refractivity (Wildman–Crippen MR) is 258 cm³/mol. The summed E-state index contributed by atoms with van der Waals surface area (Å²) in [5.74, 6) is 2.99. The Bertz CT molecular complexity index is 3160. The summed E-state index contributed by atoms with van der Waals surface area (Å²) in [6.07, 6.45) is 25.2. The third kappa shape index (κ3) is 6.74. The van der Waals surface area contributed by atoms with Crippen molar-refractivity contribution in [3.8, 4) is 45.0 Å². The zero-order valence-corrected chi connectivity index (χ0v) is 35.0. The fourth-order valence-electron chi connectivity index (χ4n) is 10.3. The van der Waals surface area contributed by atoms with Gasteiger partial charge < -0.3 is 13.7 Å². The molecular weight excluding hydrogens is 769 g/mol. The summed E-state index contributed by atoms with van der Waals surface area (Å²) in [5.41, 5.74) is 16.2. The van der Waals surface area contributed by atoms with Crippen molar-refractivity contribution in [3.05, 3.63) is 228 Å². The number of aromatic nitrogens is 1. The Morgan fingerprint density at radius 2 is 1.35 bits per heavy atom. The zero-order valence-electron chi connectivity index (χ0n) is 35.0. The minimum Gasteiger partial charge on any atom is -0.454 e. The highest BCUT2D eigenvalue weighted by molar-refractivity contribution is 5.98. The van der Waals surface area contributed by atoms with Gasteiger partial charge in [0.25, 0.3) is 0 Å². The molecule has 3 atom stereocenters. The van der Waals surface area contributed by atoms with Crippen molar-refractivity contribution < 1.29 is 8.83 Å². The summed E-state index contributed by atoms with van der Waals surface area (Å²) in [4.78, 5) is 7.73. The second-order valence-corrected chi connectivity index (χ2v) is 17.2. The molecule has 304 valence electrons. The number of benzene rings is 6. The predicted octanol–water partition coefficient (Wildman–Crippen LogP) is 15.3. The van der Waals surface area contributed by atoms with E-state index < -0.39 is 0 Å². The number of allylic oxidation sites excluding steroid dienone is 7. The number of oxazole rings is 1. The fraction of sp³-hybridized carbons (Fsp3) is 0.136. The standard InChI is InChI=1S/C59H46N2O2/c1-3-15-39(16-4-1)41-29-35-44(36-30-41)59-60-56-49-23-8-7-19-46(49)38-52(58(56)63-59)43-33-31-42(32-34-43)48-22-9-11-26-53(48)61(47-21-13-20-45(37-47)40-17-5-2-6-18-40)54-27-14-25-51-50-24-10-12-28-55(50)62-57(51)54/h1-9,11-17,19-23,25-36,40,47,52H,10,18,24,37-38H2. The number of rotatable bonds is 8. The first kappa shape index (κ1) is 37.3.